The Kier molecular flexibility index (Phi) is 7.74. The maximum absolute atomic E-state index is 12.4. The normalized spacial score (nSPS) is 14.6. The highest BCUT2D eigenvalue weighted by molar-refractivity contribution is 8.14. The molecule has 6 rings (SSSR count). The fourth-order valence-corrected chi connectivity index (χ4v) is 5.37. The van der Waals surface area contributed by atoms with Gasteiger partial charge >= 0.3 is 6.36 Å². The first kappa shape index (κ1) is 27.3. The van der Waals surface area contributed by atoms with Crippen LogP contribution in [0.1, 0.15) is 5.56 Å². The quantitative estimate of drug-likeness (QED) is 0.147. The van der Waals surface area contributed by atoms with Gasteiger partial charge in [-0.3, -0.25) is 0 Å². The molecule has 0 saturated carbocycles. The van der Waals surface area contributed by atoms with Crippen molar-refractivity contribution < 1.29 is 17.9 Å². The minimum absolute atomic E-state index is 0.301. The van der Waals surface area contributed by atoms with Crippen LogP contribution in [-0.2, 0) is 0 Å². The molecule has 0 atom stereocenters. The Hall–Kier alpha value is -4.90. The lowest BCUT2D eigenvalue weighted by molar-refractivity contribution is -0.274. The Morgan fingerprint density at radius 2 is 1.57 bits per heavy atom. The fourth-order valence-electron chi connectivity index (χ4n) is 4.46. The number of anilines is 1. The number of nitrogens with zero attached hydrogens (tertiary/aromatic N) is 6. The molecule has 1 fully saturated rings. The van der Waals surface area contributed by atoms with E-state index in [1.807, 2.05) is 54.6 Å². The third-order valence-electron chi connectivity index (χ3n) is 6.40. The van der Waals surface area contributed by atoms with Crippen LogP contribution < -0.4 is 9.64 Å². The van der Waals surface area contributed by atoms with Crippen molar-refractivity contribution in [3.8, 4) is 34.0 Å². The van der Waals surface area contributed by atoms with Crippen LogP contribution >= 0.6 is 11.8 Å². The summed E-state index contributed by atoms with van der Waals surface area (Å²) in [5.41, 5.74) is 5.60. The van der Waals surface area contributed by atoms with E-state index in [0.717, 1.165) is 45.4 Å². The van der Waals surface area contributed by atoms with Crippen molar-refractivity contribution in [3.63, 3.8) is 0 Å². The summed E-state index contributed by atoms with van der Waals surface area (Å²) in [7, 11) is 0. The summed E-state index contributed by atoms with van der Waals surface area (Å²) in [5.74, 6) is 1.10. The van der Waals surface area contributed by atoms with Gasteiger partial charge in [0.05, 0.1) is 17.6 Å². The van der Waals surface area contributed by atoms with Gasteiger partial charge in [-0.2, -0.15) is 5.10 Å². The van der Waals surface area contributed by atoms with Gasteiger partial charge in [0.2, 0.25) is 0 Å². The number of hydrogen-bond acceptors (Lipinski definition) is 6. The summed E-state index contributed by atoms with van der Waals surface area (Å²) in [4.78, 5) is 6.53. The molecule has 0 amide bonds. The van der Waals surface area contributed by atoms with E-state index in [2.05, 4.69) is 54.2 Å². The number of para-hydroxylation sites is 1. The number of rotatable bonds is 7. The standard InChI is InChI=1S/C31H23F3N6OS/c32-31(33,34)41-26-16-14-25(15-17-26)40-21-35-29(38-40)24-12-10-22(11-13-24)20-36-37-30-39(18-19-42-30)28-9-5-4-8-27(28)23-6-2-1-3-7-23/h1-17,20-21H,18-19H2. The molecule has 1 saturated heterocycles. The molecular weight excluding hydrogens is 561 g/mol. The fraction of sp³-hybridized carbons (Fsp3) is 0.0968. The van der Waals surface area contributed by atoms with E-state index in [0.29, 0.717) is 11.5 Å². The van der Waals surface area contributed by atoms with Crippen molar-refractivity contribution in [2.45, 2.75) is 6.36 Å². The van der Waals surface area contributed by atoms with Gasteiger partial charge in [-0.25, -0.2) is 9.67 Å². The maximum atomic E-state index is 12.4. The molecule has 0 unspecified atom stereocenters. The largest absolute Gasteiger partial charge is 0.573 e. The molecule has 4 aromatic carbocycles. The molecule has 0 aliphatic carbocycles. The van der Waals surface area contributed by atoms with Crippen LogP contribution in [0.4, 0.5) is 18.9 Å². The van der Waals surface area contributed by atoms with Crippen LogP contribution in [0.2, 0.25) is 0 Å². The topological polar surface area (TPSA) is 67.9 Å². The monoisotopic (exact) mass is 584 g/mol. The number of benzene rings is 4. The van der Waals surface area contributed by atoms with Gasteiger partial charge in [0.15, 0.2) is 11.0 Å². The smallest absolute Gasteiger partial charge is 0.406 e. The van der Waals surface area contributed by atoms with Gasteiger partial charge in [-0.05, 0) is 41.5 Å². The van der Waals surface area contributed by atoms with Crippen LogP contribution in [-0.4, -0.2) is 44.8 Å². The Morgan fingerprint density at radius 3 is 2.33 bits per heavy atom. The van der Waals surface area contributed by atoms with Crippen molar-refractivity contribution in [3.05, 3.63) is 115 Å². The van der Waals surface area contributed by atoms with E-state index in [4.69, 9.17) is 0 Å². The van der Waals surface area contributed by atoms with Crippen molar-refractivity contribution >= 4 is 28.8 Å². The molecule has 0 N–H and O–H groups in total. The molecule has 42 heavy (non-hydrogen) atoms. The van der Waals surface area contributed by atoms with Gasteiger partial charge in [0.25, 0.3) is 0 Å². The molecule has 7 nitrogen and oxygen atoms in total. The third-order valence-corrected chi connectivity index (χ3v) is 7.35. The van der Waals surface area contributed by atoms with Crippen molar-refractivity contribution in [1.29, 1.82) is 0 Å². The van der Waals surface area contributed by atoms with Crippen LogP contribution in [0, 0.1) is 0 Å². The Bertz CT molecular complexity index is 1720. The molecule has 5 aromatic rings. The molecule has 0 radical (unpaired) electrons. The van der Waals surface area contributed by atoms with Crippen LogP contribution in [0.5, 0.6) is 5.75 Å². The highest BCUT2D eigenvalue weighted by atomic mass is 32.2. The summed E-state index contributed by atoms with van der Waals surface area (Å²) < 4.78 is 42.6. The lowest BCUT2D eigenvalue weighted by Gasteiger charge is -2.21. The number of ether oxygens (including phenoxy) is 1. The lowest BCUT2D eigenvalue weighted by Crippen LogP contribution is -2.24. The summed E-state index contributed by atoms with van der Waals surface area (Å²) >= 11 is 1.67. The second-order valence-electron chi connectivity index (χ2n) is 9.19. The van der Waals surface area contributed by atoms with E-state index in [1.54, 1.807) is 18.0 Å². The average molecular weight is 585 g/mol. The van der Waals surface area contributed by atoms with E-state index in [-0.39, 0.29) is 5.75 Å². The molecule has 2 heterocycles. The van der Waals surface area contributed by atoms with Gasteiger partial charge in [0.1, 0.15) is 12.1 Å². The van der Waals surface area contributed by atoms with Crippen LogP contribution in [0.25, 0.3) is 28.2 Å². The highest BCUT2D eigenvalue weighted by Gasteiger charge is 2.31. The van der Waals surface area contributed by atoms with Gasteiger partial charge in [-0.1, -0.05) is 84.6 Å². The number of thioether (sulfide) groups is 1. The SMILES string of the molecule is FC(F)(F)Oc1ccc(-n2cnc(-c3ccc(C=NN=C4SCCN4c4ccccc4-c4ccccc4)cc3)n2)cc1. The van der Waals surface area contributed by atoms with Crippen LogP contribution in [0.3, 0.4) is 0 Å². The Morgan fingerprint density at radius 1 is 0.833 bits per heavy atom. The number of hydrogen-bond donors (Lipinski definition) is 0. The molecule has 210 valence electrons. The van der Waals surface area contributed by atoms with E-state index < -0.39 is 6.36 Å². The van der Waals surface area contributed by atoms with E-state index in [1.165, 1.54) is 35.3 Å². The zero-order valence-corrected chi connectivity index (χ0v) is 22.8. The van der Waals surface area contributed by atoms with Crippen LogP contribution in [0.15, 0.2) is 120 Å². The number of amidine groups is 1. The Balaban J connectivity index is 1.13. The molecule has 1 aliphatic heterocycles. The molecule has 0 spiro atoms. The molecule has 1 aromatic heterocycles. The van der Waals surface area contributed by atoms with Crippen molar-refractivity contribution in [2.75, 3.05) is 17.2 Å². The first-order valence-corrected chi connectivity index (χ1v) is 14.0. The second-order valence-corrected chi connectivity index (χ2v) is 10.2. The molecule has 1 aliphatic rings. The summed E-state index contributed by atoms with van der Waals surface area (Å²) in [6, 6.07) is 31.6. The third kappa shape index (κ3) is 6.36. The van der Waals surface area contributed by atoms with Crippen molar-refractivity contribution in [1.82, 2.24) is 14.8 Å². The average Bonchev–Trinajstić information content (AvgIpc) is 3.68. The Labute approximate surface area is 244 Å². The number of alkyl halides is 3. The minimum Gasteiger partial charge on any atom is -0.406 e. The first-order valence-electron chi connectivity index (χ1n) is 13.0. The van der Waals surface area contributed by atoms with E-state index >= 15 is 0 Å². The van der Waals surface area contributed by atoms with Gasteiger partial charge in [-0.15, -0.1) is 23.4 Å². The first-order chi connectivity index (χ1) is 20.4. The minimum atomic E-state index is -4.74. The zero-order valence-electron chi connectivity index (χ0n) is 22.0. The predicted molar refractivity (Wildman–Crippen MR) is 160 cm³/mol. The lowest BCUT2D eigenvalue weighted by atomic mass is 10.0. The molecule has 0 bridgehead atoms. The van der Waals surface area contributed by atoms with Gasteiger partial charge in [0, 0.05) is 23.4 Å². The van der Waals surface area contributed by atoms with Gasteiger partial charge < -0.3 is 9.64 Å². The molecule has 11 heteroatoms. The van der Waals surface area contributed by atoms with E-state index in [9.17, 15) is 13.2 Å². The summed E-state index contributed by atoms with van der Waals surface area (Å²) in [6.07, 6.45) is -1.54. The highest BCUT2D eigenvalue weighted by Crippen LogP contribution is 2.34. The summed E-state index contributed by atoms with van der Waals surface area (Å²) in [6.45, 7) is 0.850. The molecular formula is C31H23F3N6OS. The number of halogens is 3. The number of aromatic nitrogens is 3. The zero-order chi connectivity index (χ0) is 28.9. The second kappa shape index (κ2) is 11.9. The summed E-state index contributed by atoms with van der Waals surface area (Å²) in [5, 5.41) is 14.2. The maximum Gasteiger partial charge on any atom is 0.573 e. The predicted octanol–water partition coefficient (Wildman–Crippen LogP) is 7.44. The van der Waals surface area contributed by atoms with Crippen molar-refractivity contribution in [2.24, 2.45) is 10.2 Å².